The lowest BCUT2D eigenvalue weighted by Crippen LogP contribution is -2.49. The second kappa shape index (κ2) is 21.3. The van der Waals surface area contributed by atoms with Crippen LogP contribution in [0.2, 0.25) is 0 Å². The van der Waals surface area contributed by atoms with Crippen molar-refractivity contribution in [2.75, 3.05) is 59.0 Å². The summed E-state index contributed by atoms with van der Waals surface area (Å²) in [7, 11) is 0. The van der Waals surface area contributed by atoms with E-state index in [1.54, 1.807) is 30.3 Å². The fourth-order valence-electron chi connectivity index (χ4n) is 3.28. The van der Waals surface area contributed by atoms with E-state index < -0.39 is 43.4 Å². The summed E-state index contributed by atoms with van der Waals surface area (Å²) in [5, 5.41) is 29.6. The van der Waals surface area contributed by atoms with Crippen LogP contribution < -0.4 is 5.32 Å². The van der Waals surface area contributed by atoms with Gasteiger partial charge in [0.1, 0.15) is 13.1 Å². The van der Waals surface area contributed by atoms with Gasteiger partial charge in [-0.2, -0.15) is 0 Å². The lowest BCUT2D eigenvalue weighted by atomic mass is 10.2. The zero-order chi connectivity index (χ0) is 30.5. The van der Waals surface area contributed by atoms with Gasteiger partial charge in [-0.25, -0.2) is 0 Å². The molecule has 0 aliphatic heterocycles. The van der Waals surface area contributed by atoms with Gasteiger partial charge in [-0.1, -0.05) is 52.3 Å². The van der Waals surface area contributed by atoms with Crippen molar-refractivity contribution in [1.29, 1.82) is 0 Å². The molecule has 4 N–H and O–H groups in total. The van der Waals surface area contributed by atoms with Crippen LogP contribution in [0.25, 0.3) is 0 Å². The maximum Gasteiger partial charge on any atom is 0.322 e. The summed E-state index contributed by atoms with van der Waals surface area (Å²) < 4.78 is 0. The SMILES string of the molecule is CC(C)C.CCCCN(CC(=O)N(CCO)CC(=O)N(CCO)CCC(=O)NCC(=O)O)C(=O)c1ccccc1. The average molecular weight is 567 g/mol. The van der Waals surface area contributed by atoms with Crippen LogP contribution in [0.5, 0.6) is 0 Å². The van der Waals surface area contributed by atoms with Gasteiger partial charge in [0.2, 0.25) is 17.7 Å². The molecule has 0 spiro atoms. The van der Waals surface area contributed by atoms with Crippen LogP contribution in [0.1, 0.15) is 57.3 Å². The molecule has 12 heteroatoms. The van der Waals surface area contributed by atoms with Gasteiger partial charge in [-0.05, 0) is 24.5 Å². The Morgan fingerprint density at radius 1 is 0.800 bits per heavy atom. The van der Waals surface area contributed by atoms with Gasteiger partial charge in [0.15, 0.2) is 0 Å². The number of carboxylic acid groups (broad SMARTS) is 1. The molecule has 0 fully saturated rings. The van der Waals surface area contributed by atoms with Crippen molar-refractivity contribution in [1.82, 2.24) is 20.0 Å². The summed E-state index contributed by atoms with van der Waals surface area (Å²) in [6.45, 7) is 6.43. The van der Waals surface area contributed by atoms with E-state index in [1.165, 1.54) is 9.80 Å². The maximum atomic E-state index is 13.1. The Kier molecular flexibility index (Phi) is 19.5. The molecule has 0 aliphatic carbocycles. The summed E-state index contributed by atoms with van der Waals surface area (Å²) >= 11 is 0. The highest BCUT2D eigenvalue weighted by molar-refractivity contribution is 5.97. The molecule has 0 saturated heterocycles. The molecular formula is C28H46N4O8. The third-order valence-corrected chi connectivity index (χ3v) is 5.23. The van der Waals surface area contributed by atoms with E-state index in [1.807, 2.05) is 6.92 Å². The smallest absolute Gasteiger partial charge is 0.322 e. The molecule has 40 heavy (non-hydrogen) atoms. The lowest BCUT2D eigenvalue weighted by Gasteiger charge is -2.29. The summed E-state index contributed by atoms with van der Waals surface area (Å²) in [5.41, 5.74) is 0.432. The van der Waals surface area contributed by atoms with Crippen molar-refractivity contribution in [3.05, 3.63) is 35.9 Å². The number of aliphatic carboxylic acids is 1. The van der Waals surface area contributed by atoms with Gasteiger partial charge >= 0.3 is 5.97 Å². The number of benzene rings is 1. The molecule has 0 saturated carbocycles. The Balaban J connectivity index is 0.00000354. The molecule has 0 atom stereocenters. The summed E-state index contributed by atoms with van der Waals surface area (Å²) in [6.07, 6.45) is 1.30. The third kappa shape index (κ3) is 16.5. The largest absolute Gasteiger partial charge is 0.480 e. The van der Waals surface area contributed by atoms with Crippen LogP contribution in [0.15, 0.2) is 30.3 Å². The molecule has 0 bridgehead atoms. The van der Waals surface area contributed by atoms with Crippen molar-refractivity contribution >= 4 is 29.6 Å². The minimum absolute atomic E-state index is 0.0959. The highest BCUT2D eigenvalue weighted by Crippen LogP contribution is 2.08. The number of rotatable bonds is 17. The van der Waals surface area contributed by atoms with Gasteiger partial charge in [0.05, 0.1) is 19.8 Å². The first-order chi connectivity index (χ1) is 19.0. The number of carbonyl (C=O) groups is 5. The normalized spacial score (nSPS) is 10.3. The molecule has 226 valence electrons. The summed E-state index contributed by atoms with van der Waals surface area (Å²) in [4.78, 5) is 64.9. The molecule has 0 heterocycles. The molecule has 1 aromatic rings. The molecule has 1 aromatic carbocycles. The number of nitrogens with zero attached hydrogens (tertiary/aromatic N) is 3. The number of hydrogen-bond donors (Lipinski definition) is 4. The second-order valence-electron chi connectivity index (χ2n) is 9.74. The molecule has 0 radical (unpaired) electrons. The van der Waals surface area contributed by atoms with E-state index in [2.05, 4.69) is 26.1 Å². The zero-order valence-corrected chi connectivity index (χ0v) is 24.2. The maximum absolute atomic E-state index is 13.1. The number of unbranched alkanes of at least 4 members (excludes halogenated alkanes) is 1. The first-order valence-electron chi connectivity index (χ1n) is 13.6. The standard InChI is InChI=1S/C24H36N4O8.C4H10/c1-2-3-10-28(24(36)19-7-5-4-6-8-19)18-22(33)27(13-15-30)17-21(32)26(12-14-29)11-9-20(31)25-16-23(34)35;1-4(2)3/h4-8,29-30H,2-3,9-18H2,1H3,(H,25,31)(H,34,35);4H,1-3H3. The van der Waals surface area contributed by atoms with Crippen molar-refractivity contribution in [2.24, 2.45) is 5.92 Å². The van der Waals surface area contributed by atoms with Crippen LogP contribution in [0.4, 0.5) is 0 Å². The summed E-state index contributed by atoms with van der Waals surface area (Å²) in [6, 6.07) is 8.53. The number of aliphatic hydroxyl groups is 2. The minimum atomic E-state index is -1.21. The molecule has 12 nitrogen and oxygen atoms in total. The monoisotopic (exact) mass is 566 g/mol. The van der Waals surface area contributed by atoms with E-state index in [9.17, 15) is 34.2 Å². The van der Waals surface area contributed by atoms with Gasteiger partial charge in [0, 0.05) is 38.2 Å². The predicted molar refractivity (Wildman–Crippen MR) is 150 cm³/mol. The van der Waals surface area contributed by atoms with Gasteiger partial charge in [0.25, 0.3) is 5.91 Å². The van der Waals surface area contributed by atoms with Crippen molar-refractivity contribution in [3.8, 4) is 0 Å². The van der Waals surface area contributed by atoms with Gasteiger partial charge in [-0.15, -0.1) is 0 Å². The molecule has 0 unspecified atom stereocenters. The van der Waals surface area contributed by atoms with Crippen LogP contribution in [0, 0.1) is 5.92 Å². The Morgan fingerprint density at radius 2 is 1.32 bits per heavy atom. The van der Waals surface area contributed by atoms with Crippen LogP contribution in [-0.2, 0) is 19.2 Å². The van der Waals surface area contributed by atoms with Crippen LogP contribution >= 0.6 is 0 Å². The molecule has 0 aromatic heterocycles. The average Bonchev–Trinajstić information content (AvgIpc) is 2.91. The Labute approximate surface area is 236 Å². The first-order valence-corrected chi connectivity index (χ1v) is 13.6. The van der Waals surface area contributed by atoms with Crippen LogP contribution in [0.3, 0.4) is 0 Å². The number of aliphatic hydroxyl groups excluding tert-OH is 2. The fourth-order valence-corrected chi connectivity index (χ4v) is 3.28. The second-order valence-corrected chi connectivity index (χ2v) is 9.74. The molecule has 4 amide bonds. The van der Waals surface area contributed by atoms with E-state index in [-0.39, 0.29) is 45.1 Å². The molecule has 1 rings (SSSR count). The fraction of sp³-hybridized carbons (Fsp3) is 0.607. The van der Waals surface area contributed by atoms with Crippen molar-refractivity contribution in [3.63, 3.8) is 0 Å². The third-order valence-electron chi connectivity index (χ3n) is 5.23. The van der Waals surface area contributed by atoms with Gasteiger partial charge < -0.3 is 35.3 Å². The van der Waals surface area contributed by atoms with E-state index >= 15 is 0 Å². The Hall–Kier alpha value is -3.51. The quantitative estimate of drug-likeness (QED) is 0.215. The van der Waals surface area contributed by atoms with Crippen molar-refractivity contribution < 1.29 is 39.3 Å². The van der Waals surface area contributed by atoms with Crippen LogP contribution in [-0.4, -0.2) is 119 Å². The first kappa shape index (κ1) is 36.5. The van der Waals surface area contributed by atoms with E-state index in [0.29, 0.717) is 18.5 Å². The Morgan fingerprint density at radius 3 is 1.85 bits per heavy atom. The van der Waals surface area contributed by atoms with Crippen molar-refractivity contribution in [2.45, 2.75) is 47.0 Å². The van der Waals surface area contributed by atoms with Gasteiger partial charge in [-0.3, -0.25) is 24.0 Å². The highest BCUT2D eigenvalue weighted by atomic mass is 16.4. The summed E-state index contributed by atoms with van der Waals surface area (Å²) in [5.74, 6) is -2.36. The zero-order valence-electron chi connectivity index (χ0n) is 24.2. The number of nitrogens with one attached hydrogen (secondary N) is 1. The number of carbonyl (C=O) groups excluding carboxylic acids is 4. The van der Waals surface area contributed by atoms with E-state index in [4.69, 9.17) is 5.11 Å². The minimum Gasteiger partial charge on any atom is -0.480 e. The molecule has 0 aliphatic rings. The Bertz CT molecular complexity index is 908. The number of amides is 4. The highest BCUT2D eigenvalue weighted by Gasteiger charge is 2.25. The topological polar surface area (TPSA) is 168 Å². The lowest BCUT2D eigenvalue weighted by molar-refractivity contribution is -0.142. The predicted octanol–water partition coefficient (Wildman–Crippen LogP) is 0.824. The number of hydrogen-bond acceptors (Lipinski definition) is 7. The van der Waals surface area contributed by atoms with E-state index in [0.717, 1.165) is 17.2 Å². The molecular weight excluding hydrogens is 520 g/mol. The number of carboxylic acids is 1.